The summed E-state index contributed by atoms with van der Waals surface area (Å²) in [6, 6.07) is 9.37. The molecule has 43 heavy (non-hydrogen) atoms. The fourth-order valence-corrected chi connectivity index (χ4v) is 5.04. The van der Waals surface area contributed by atoms with Gasteiger partial charge in [0.05, 0.1) is 34.1 Å². The zero-order valence-electron chi connectivity index (χ0n) is 23.5. The average molecular weight is 614 g/mol. The largest absolute Gasteiger partial charge is 0.413 e. The van der Waals surface area contributed by atoms with E-state index in [1.807, 2.05) is 13.8 Å². The van der Waals surface area contributed by atoms with E-state index >= 15 is 0 Å². The van der Waals surface area contributed by atoms with E-state index in [4.69, 9.17) is 11.6 Å². The number of hydrogen-bond acceptors (Lipinski definition) is 9. The SMILES string of the molecule is Cc1nc(F)ccc1[C@H](Nc1cc(C#N)c2ncc(C#N)c(NCC(C)(C)CCl)c2c1)C1=CN(C2(C(F)(F)F)CC2)NN1. The molecule has 1 aliphatic carbocycles. The molecule has 3 aromatic rings. The number of nitriles is 2. The van der Waals surface area contributed by atoms with Crippen molar-refractivity contribution in [2.75, 3.05) is 23.1 Å². The van der Waals surface area contributed by atoms with Crippen LogP contribution in [0.15, 0.2) is 42.4 Å². The monoisotopic (exact) mass is 613 g/mol. The zero-order valence-corrected chi connectivity index (χ0v) is 24.3. The van der Waals surface area contributed by atoms with E-state index in [0.717, 1.165) is 5.01 Å². The fraction of sp³-hybridized carbons (Fsp3) is 0.379. The van der Waals surface area contributed by atoms with Crippen LogP contribution in [0.4, 0.5) is 28.9 Å². The molecule has 1 fully saturated rings. The molecule has 1 saturated carbocycles. The van der Waals surface area contributed by atoms with Gasteiger partial charge in [0, 0.05) is 47.2 Å². The minimum absolute atomic E-state index is 0.0646. The average Bonchev–Trinajstić information content (AvgIpc) is 3.65. The lowest BCUT2D eigenvalue weighted by Gasteiger charge is -2.28. The van der Waals surface area contributed by atoms with Gasteiger partial charge in [-0.3, -0.25) is 9.99 Å². The molecule has 0 saturated heterocycles. The zero-order chi connectivity index (χ0) is 31.2. The minimum Gasteiger partial charge on any atom is -0.383 e. The van der Waals surface area contributed by atoms with Gasteiger partial charge in [-0.1, -0.05) is 19.9 Å². The van der Waals surface area contributed by atoms with Crippen LogP contribution in [0.25, 0.3) is 10.9 Å². The van der Waals surface area contributed by atoms with E-state index in [1.165, 1.54) is 24.5 Å². The highest BCUT2D eigenvalue weighted by Gasteiger charge is 2.67. The summed E-state index contributed by atoms with van der Waals surface area (Å²) in [6.07, 6.45) is -1.86. The van der Waals surface area contributed by atoms with Crippen LogP contribution < -0.4 is 21.6 Å². The fourth-order valence-electron chi connectivity index (χ4n) is 4.94. The van der Waals surface area contributed by atoms with Crippen molar-refractivity contribution < 1.29 is 17.6 Å². The molecule has 0 unspecified atom stereocenters. The maximum absolute atomic E-state index is 14.0. The summed E-state index contributed by atoms with van der Waals surface area (Å²) >= 11 is 6.11. The number of benzene rings is 1. The normalized spacial score (nSPS) is 16.6. The van der Waals surface area contributed by atoms with Crippen LogP contribution in [0.1, 0.15) is 55.1 Å². The Balaban J connectivity index is 1.61. The van der Waals surface area contributed by atoms with Crippen molar-refractivity contribution in [1.82, 2.24) is 25.9 Å². The number of halogens is 5. The third-order valence-corrected chi connectivity index (χ3v) is 8.37. The lowest BCUT2D eigenvalue weighted by molar-refractivity contribution is -0.195. The first-order valence-corrected chi connectivity index (χ1v) is 13.9. The molecular weight excluding hydrogens is 586 g/mol. The highest BCUT2D eigenvalue weighted by molar-refractivity contribution is 6.18. The van der Waals surface area contributed by atoms with Gasteiger partial charge >= 0.3 is 6.18 Å². The maximum atomic E-state index is 14.0. The number of anilines is 2. The predicted molar refractivity (Wildman–Crippen MR) is 154 cm³/mol. The van der Waals surface area contributed by atoms with Crippen molar-refractivity contribution in [3.63, 3.8) is 0 Å². The predicted octanol–water partition coefficient (Wildman–Crippen LogP) is 5.91. The molecule has 0 amide bonds. The van der Waals surface area contributed by atoms with Gasteiger partial charge in [-0.15, -0.1) is 17.1 Å². The number of fused-ring (bicyclic) bond motifs is 1. The van der Waals surface area contributed by atoms with Crippen LogP contribution in [0.3, 0.4) is 0 Å². The summed E-state index contributed by atoms with van der Waals surface area (Å²) in [4.78, 5) is 8.27. The van der Waals surface area contributed by atoms with Crippen LogP contribution in [-0.4, -0.2) is 39.1 Å². The summed E-state index contributed by atoms with van der Waals surface area (Å²) in [5.74, 6) is -0.346. The van der Waals surface area contributed by atoms with Gasteiger partial charge in [0.15, 0.2) is 5.54 Å². The Morgan fingerprint density at radius 1 is 1.16 bits per heavy atom. The molecule has 4 N–H and O–H groups in total. The first kappa shape index (κ1) is 30.1. The van der Waals surface area contributed by atoms with Crippen LogP contribution in [-0.2, 0) is 0 Å². The van der Waals surface area contributed by atoms with Crippen molar-refractivity contribution in [2.24, 2.45) is 5.41 Å². The molecule has 0 radical (unpaired) electrons. The molecule has 2 aromatic heterocycles. The van der Waals surface area contributed by atoms with E-state index < -0.39 is 23.7 Å². The number of hydrogen-bond donors (Lipinski definition) is 4. The van der Waals surface area contributed by atoms with E-state index in [0.29, 0.717) is 51.7 Å². The molecule has 14 heteroatoms. The number of nitrogens with one attached hydrogen (secondary N) is 4. The molecule has 0 spiro atoms. The maximum Gasteiger partial charge on any atom is 0.413 e. The van der Waals surface area contributed by atoms with Crippen LogP contribution in [0.2, 0.25) is 0 Å². The third-order valence-electron chi connectivity index (χ3n) is 7.64. The van der Waals surface area contributed by atoms with Crippen LogP contribution >= 0.6 is 11.6 Å². The molecule has 1 aromatic carbocycles. The van der Waals surface area contributed by atoms with Gasteiger partial charge in [0.2, 0.25) is 5.95 Å². The van der Waals surface area contributed by atoms with E-state index in [1.54, 1.807) is 19.1 Å². The Morgan fingerprint density at radius 2 is 1.88 bits per heavy atom. The summed E-state index contributed by atoms with van der Waals surface area (Å²) < 4.78 is 55.6. The molecule has 224 valence electrons. The van der Waals surface area contributed by atoms with Crippen LogP contribution in [0, 0.1) is 40.9 Å². The number of alkyl halides is 4. The van der Waals surface area contributed by atoms with Crippen molar-refractivity contribution in [3.8, 4) is 12.1 Å². The second-order valence-electron chi connectivity index (χ2n) is 11.4. The minimum atomic E-state index is -4.46. The Bertz CT molecular complexity index is 1690. The lowest BCUT2D eigenvalue weighted by Crippen LogP contribution is -2.52. The third kappa shape index (κ3) is 5.70. The van der Waals surface area contributed by atoms with E-state index in [-0.39, 0.29) is 29.4 Å². The standard InChI is InChI=1S/C29H28ClF4N9/c1-16-20(4-5-23(31)39-16)26(22-13-43(42-41-22)28(6-7-28)29(32,33)34)40-19-8-17(10-35)24-21(9-19)25(18(11-36)12-37-24)38-15-27(2,3)14-30/h4-5,8-9,12-13,26,40-42H,6-7,14-15H2,1-3H3,(H,37,38)/t26-/m0/s1. The van der Waals surface area contributed by atoms with Gasteiger partial charge in [0.25, 0.3) is 0 Å². The number of hydrazine groups is 2. The first-order chi connectivity index (χ1) is 20.3. The van der Waals surface area contributed by atoms with Crippen molar-refractivity contribution in [2.45, 2.75) is 51.4 Å². The van der Waals surface area contributed by atoms with Gasteiger partial charge < -0.3 is 16.1 Å². The Labute approximate surface area is 250 Å². The quantitative estimate of drug-likeness (QED) is 0.132. The Kier molecular flexibility index (Phi) is 7.75. The van der Waals surface area contributed by atoms with Gasteiger partial charge in [-0.25, -0.2) is 4.98 Å². The van der Waals surface area contributed by atoms with Crippen molar-refractivity contribution in [1.29, 1.82) is 10.5 Å². The molecule has 5 rings (SSSR count). The first-order valence-electron chi connectivity index (χ1n) is 13.4. The highest BCUT2D eigenvalue weighted by atomic mass is 35.5. The van der Waals surface area contributed by atoms with E-state index in [9.17, 15) is 28.1 Å². The summed E-state index contributed by atoms with van der Waals surface area (Å²) in [5, 5.41) is 27.9. The number of nitrogens with zero attached hydrogens (tertiary/aromatic N) is 5. The van der Waals surface area contributed by atoms with Gasteiger partial charge in [-0.05, 0) is 43.4 Å². The summed E-state index contributed by atoms with van der Waals surface area (Å²) in [5.41, 5.74) is 5.93. The van der Waals surface area contributed by atoms with Gasteiger partial charge in [-0.2, -0.15) is 28.1 Å². The molecule has 1 atom stereocenters. The molecule has 3 heterocycles. The molecule has 2 aliphatic rings. The Hall–Kier alpha value is -4.33. The summed E-state index contributed by atoms with van der Waals surface area (Å²) in [7, 11) is 0. The highest BCUT2D eigenvalue weighted by Crippen LogP contribution is 2.53. The second kappa shape index (κ2) is 11.1. The number of aryl methyl sites for hydroxylation is 1. The van der Waals surface area contributed by atoms with Crippen LogP contribution in [0.5, 0.6) is 0 Å². The van der Waals surface area contributed by atoms with Crippen molar-refractivity contribution >= 4 is 33.9 Å². The molecule has 0 bridgehead atoms. The van der Waals surface area contributed by atoms with E-state index in [2.05, 4.69) is 43.7 Å². The number of pyridine rings is 2. The molecule has 1 aliphatic heterocycles. The number of aromatic nitrogens is 2. The Morgan fingerprint density at radius 3 is 2.49 bits per heavy atom. The number of rotatable bonds is 9. The topological polar surface area (TPSA) is 125 Å². The smallest absolute Gasteiger partial charge is 0.383 e. The van der Waals surface area contributed by atoms with Crippen molar-refractivity contribution in [3.05, 3.63) is 70.7 Å². The van der Waals surface area contributed by atoms with Gasteiger partial charge in [0.1, 0.15) is 12.1 Å². The molecule has 9 nitrogen and oxygen atoms in total. The summed E-state index contributed by atoms with van der Waals surface area (Å²) in [6.45, 7) is 5.94. The second-order valence-corrected chi connectivity index (χ2v) is 11.7. The lowest BCUT2D eigenvalue weighted by atomic mass is 9.95. The molecular formula is C29H28ClF4N9.